The van der Waals surface area contributed by atoms with Crippen LogP contribution in [0.3, 0.4) is 0 Å². The fourth-order valence-corrected chi connectivity index (χ4v) is 2.71. The number of benzene rings is 1. The van der Waals surface area contributed by atoms with Gasteiger partial charge in [-0.25, -0.2) is 4.39 Å². The predicted molar refractivity (Wildman–Crippen MR) is 64.5 cm³/mol. The fourth-order valence-electron chi connectivity index (χ4n) is 1.68. The normalized spacial score (nSPS) is 21.0. The van der Waals surface area contributed by atoms with Crippen molar-refractivity contribution in [2.75, 3.05) is 25.4 Å². The van der Waals surface area contributed by atoms with Gasteiger partial charge in [0, 0.05) is 23.7 Å². The monoisotopic (exact) mass is 241 g/mol. The average molecular weight is 241 g/mol. The lowest BCUT2D eigenvalue weighted by Crippen LogP contribution is -2.39. The number of ether oxygens (including phenoxy) is 1. The van der Waals surface area contributed by atoms with E-state index < -0.39 is 0 Å². The van der Waals surface area contributed by atoms with Crippen LogP contribution in [0.25, 0.3) is 0 Å². The van der Waals surface area contributed by atoms with Crippen molar-refractivity contribution in [2.45, 2.75) is 17.9 Å². The molecule has 16 heavy (non-hydrogen) atoms. The molecule has 1 unspecified atom stereocenters. The van der Waals surface area contributed by atoms with E-state index in [1.165, 1.54) is 6.07 Å². The summed E-state index contributed by atoms with van der Waals surface area (Å²) in [6.07, 6.45) is 0.267. The Balaban J connectivity index is 1.88. The van der Waals surface area contributed by atoms with Crippen molar-refractivity contribution in [3.05, 3.63) is 29.6 Å². The van der Waals surface area contributed by atoms with Crippen molar-refractivity contribution in [3.63, 3.8) is 0 Å². The summed E-state index contributed by atoms with van der Waals surface area (Å²) < 4.78 is 18.5. The molecule has 0 saturated carbocycles. The lowest BCUT2D eigenvalue weighted by Gasteiger charge is -2.23. The number of rotatable bonds is 3. The summed E-state index contributed by atoms with van der Waals surface area (Å²) >= 11 is 1.73. The highest BCUT2D eigenvalue weighted by atomic mass is 32.2. The Bertz CT molecular complexity index is 353. The van der Waals surface area contributed by atoms with Gasteiger partial charge in [-0.3, -0.25) is 0 Å². The predicted octanol–water partition coefficient (Wildman–Crippen LogP) is 2.21. The van der Waals surface area contributed by atoms with Gasteiger partial charge in [-0.1, -0.05) is 0 Å². The molecule has 2 rings (SSSR count). The van der Waals surface area contributed by atoms with Gasteiger partial charge in [0.2, 0.25) is 0 Å². The molecule has 1 heterocycles. The molecule has 0 aromatic heterocycles. The second-order valence-corrected chi connectivity index (χ2v) is 4.98. The Hall–Kier alpha value is -0.580. The van der Waals surface area contributed by atoms with E-state index in [9.17, 15) is 4.39 Å². The average Bonchev–Trinajstić information content (AvgIpc) is 2.29. The number of morpholine rings is 1. The van der Waals surface area contributed by atoms with Crippen LogP contribution in [0, 0.1) is 12.7 Å². The van der Waals surface area contributed by atoms with E-state index in [-0.39, 0.29) is 11.9 Å². The minimum atomic E-state index is -0.169. The lowest BCUT2D eigenvalue weighted by atomic mass is 10.2. The van der Waals surface area contributed by atoms with Crippen molar-refractivity contribution < 1.29 is 9.13 Å². The van der Waals surface area contributed by atoms with Crippen molar-refractivity contribution >= 4 is 11.8 Å². The van der Waals surface area contributed by atoms with Gasteiger partial charge in [0.25, 0.3) is 0 Å². The molecule has 1 saturated heterocycles. The number of hydrogen-bond acceptors (Lipinski definition) is 3. The number of thioether (sulfide) groups is 1. The van der Waals surface area contributed by atoms with E-state index in [1.54, 1.807) is 17.8 Å². The summed E-state index contributed by atoms with van der Waals surface area (Å²) in [5, 5.41) is 3.30. The summed E-state index contributed by atoms with van der Waals surface area (Å²) in [4.78, 5) is 1.13. The van der Waals surface area contributed by atoms with E-state index >= 15 is 0 Å². The smallest absolute Gasteiger partial charge is 0.123 e. The molecule has 0 aliphatic carbocycles. The molecule has 1 fully saturated rings. The third-order valence-electron chi connectivity index (χ3n) is 2.57. The molecule has 1 aliphatic heterocycles. The highest BCUT2D eigenvalue weighted by Crippen LogP contribution is 2.24. The van der Waals surface area contributed by atoms with E-state index in [0.29, 0.717) is 0 Å². The molecule has 1 atom stereocenters. The number of hydrogen-bond donors (Lipinski definition) is 1. The zero-order valence-electron chi connectivity index (χ0n) is 9.33. The molecule has 0 amide bonds. The van der Waals surface area contributed by atoms with Crippen LogP contribution >= 0.6 is 11.8 Å². The van der Waals surface area contributed by atoms with E-state index in [0.717, 1.165) is 35.9 Å². The van der Waals surface area contributed by atoms with E-state index in [2.05, 4.69) is 5.32 Å². The van der Waals surface area contributed by atoms with Gasteiger partial charge in [-0.05, 0) is 30.7 Å². The van der Waals surface area contributed by atoms with Crippen molar-refractivity contribution in [2.24, 2.45) is 0 Å². The Labute approximate surface area is 99.6 Å². The third-order valence-corrected chi connectivity index (χ3v) is 3.87. The Morgan fingerprint density at radius 3 is 3.12 bits per heavy atom. The van der Waals surface area contributed by atoms with Crippen LogP contribution in [0.15, 0.2) is 23.1 Å². The molecular weight excluding hydrogens is 225 g/mol. The molecular formula is C12H16FNOS. The maximum absolute atomic E-state index is 12.9. The molecule has 4 heteroatoms. The van der Waals surface area contributed by atoms with Crippen molar-refractivity contribution in [3.8, 4) is 0 Å². The SMILES string of the molecule is Cc1cc(F)ccc1SCC1CNCCO1. The highest BCUT2D eigenvalue weighted by molar-refractivity contribution is 7.99. The first-order valence-corrected chi connectivity index (χ1v) is 6.45. The molecule has 1 aliphatic rings. The van der Waals surface area contributed by atoms with Gasteiger partial charge >= 0.3 is 0 Å². The molecule has 0 radical (unpaired) electrons. The van der Waals surface area contributed by atoms with Gasteiger partial charge in [-0.15, -0.1) is 11.8 Å². The summed E-state index contributed by atoms with van der Waals surface area (Å²) in [5.41, 5.74) is 0.994. The van der Waals surface area contributed by atoms with Gasteiger partial charge < -0.3 is 10.1 Å². The van der Waals surface area contributed by atoms with Crippen LogP contribution in [0.4, 0.5) is 4.39 Å². The Kier molecular flexibility index (Phi) is 4.21. The van der Waals surface area contributed by atoms with Crippen molar-refractivity contribution in [1.29, 1.82) is 0 Å². The quantitative estimate of drug-likeness (QED) is 0.820. The largest absolute Gasteiger partial charge is 0.375 e. The molecule has 88 valence electrons. The minimum absolute atomic E-state index is 0.169. The topological polar surface area (TPSA) is 21.3 Å². The standard InChI is InChI=1S/C12H16FNOS/c1-9-6-10(13)2-3-12(9)16-8-11-7-14-4-5-15-11/h2-3,6,11,14H,4-5,7-8H2,1H3. The third kappa shape index (κ3) is 3.20. The van der Waals surface area contributed by atoms with Crippen LogP contribution in [0.2, 0.25) is 0 Å². The number of halogens is 1. The molecule has 0 spiro atoms. The second kappa shape index (κ2) is 5.66. The van der Waals surface area contributed by atoms with E-state index in [1.807, 2.05) is 13.0 Å². The van der Waals surface area contributed by atoms with Crippen LogP contribution in [-0.2, 0) is 4.74 Å². The van der Waals surface area contributed by atoms with Crippen LogP contribution in [0.5, 0.6) is 0 Å². The fraction of sp³-hybridized carbons (Fsp3) is 0.500. The summed E-state index contributed by atoms with van der Waals surface area (Å²) in [5.74, 6) is 0.747. The highest BCUT2D eigenvalue weighted by Gasteiger charge is 2.13. The first-order valence-electron chi connectivity index (χ1n) is 5.47. The first kappa shape index (κ1) is 11.9. The number of aryl methyl sites for hydroxylation is 1. The molecule has 1 aromatic carbocycles. The molecule has 1 aromatic rings. The maximum atomic E-state index is 12.9. The second-order valence-electron chi connectivity index (χ2n) is 3.92. The van der Waals surface area contributed by atoms with Crippen LogP contribution in [-0.4, -0.2) is 31.6 Å². The Morgan fingerprint density at radius 2 is 2.44 bits per heavy atom. The summed E-state index contributed by atoms with van der Waals surface area (Å²) in [6.45, 7) is 4.57. The molecule has 2 nitrogen and oxygen atoms in total. The zero-order valence-corrected chi connectivity index (χ0v) is 10.1. The molecule has 1 N–H and O–H groups in total. The van der Waals surface area contributed by atoms with Gasteiger partial charge in [0.1, 0.15) is 5.82 Å². The molecule has 0 bridgehead atoms. The van der Waals surface area contributed by atoms with Crippen molar-refractivity contribution in [1.82, 2.24) is 5.32 Å². The summed E-state index contributed by atoms with van der Waals surface area (Å²) in [6, 6.07) is 4.92. The number of nitrogens with one attached hydrogen (secondary N) is 1. The van der Waals surface area contributed by atoms with Gasteiger partial charge in [0.15, 0.2) is 0 Å². The minimum Gasteiger partial charge on any atom is -0.375 e. The lowest BCUT2D eigenvalue weighted by molar-refractivity contribution is 0.0441. The maximum Gasteiger partial charge on any atom is 0.123 e. The summed E-state index contributed by atoms with van der Waals surface area (Å²) in [7, 11) is 0. The van der Waals surface area contributed by atoms with E-state index in [4.69, 9.17) is 4.74 Å². The Morgan fingerprint density at radius 1 is 1.56 bits per heavy atom. The van der Waals surface area contributed by atoms with Gasteiger partial charge in [-0.2, -0.15) is 0 Å². The van der Waals surface area contributed by atoms with Gasteiger partial charge in [0.05, 0.1) is 12.7 Å². The first-order chi connectivity index (χ1) is 7.75. The zero-order chi connectivity index (χ0) is 11.4. The van der Waals surface area contributed by atoms with Crippen LogP contribution in [0.1, 0.15) is 5.56 Å². The van der Waals surface area contributed by atoms with Crippen LogP contribution < -0.4 is 5.32 Å².